The first-order chi connectivity index (χ1) is 9.79. The number of benzene rings is 1. The molecule has 118 valence electrons. The predicted octanol–water partition coefficient (Wildman–Crippen LogP) is 2.76. The lowest BCUT2D eigenvalue weighted by atomic mass is 10.0. The van der Waals surface area contributed by atoms with Gasteiger partial charge >= 0.3 is 0 Å². The van der Waals surface area contributed by atoms with Gasteiger partial charge in [0.15, 0.2) is 0 Å². The lowest BCUT2D eigenvalue weighted by Gasteiger charge is -2.32. The number of hydrogen-bond acceptors (Lipinski definition) is 3. The van der Waals surface area contributed by atoms with E-state index in [0.717, 1.165) is 18.5 Å². The van der Waals surface area contributed by atoms with Crippen LogP contribution in [0, 0.1) is 0 Å². The van der Waals surface area contributed by atoms with E-state index >= 15 is 0 Å². The number of carbonyl (C=O) groups is 1. The fraction of sp³-hybridized carbons (Fsp3) is 0.588. The molecule has 0 saturated heterocycles. The maximum atomic E-state index is 12.1. The van der Waals surface area contributed by atoms with Crippen LogP contribution in [0.3, 0.4) is 0 Å². The SMILES string of the molecule is CCN(C(C)C)C(C)Cc1cccc(C(=O)N(C)C)c1O. The van der Waals surface area contributed by atoms with Gasteiger partial charge < -0.3 is 10.0 Å². The summed E-state index contributed by atoms with van der Waals surface area (Å²) in [4.78, 5) is 15.9. The van der Waals surface area contributed by atoms with E-state index < -0.39 is 0 Å². The topological polar surface area (TPSA) is 43.8 Å². The summed E-state index contributed by atoms with van der Waals surface area (Å²) < 4.78 is 0. The van der Waals surface area contributed by atoms with Gasteiger partial charge in [0, 0.05) is 26.2 Å². The van der Waals surface area contributed by atoms with Crippen LogP contribution < -0.4 is 0 Å². The predicted molar refractivity (Wildman–Crippen MR) is 86.8 cm³/mol. The summed E-state index contributed by atoms with van der Waals surface area (Å²) in [5, 5.41) is 10.4. The molecule has 1 amide bonds. The van der Waals surface area contributed by atoms with E-state index in [1.165, 1.54) is 4.90 Å². The van der Waals surface area contributed by atoms with Crippen molar-refractivity contribution < 1.29 is 9.90 Å². The van der Waals surface area contributed by atoms with Crippen LogP contribution in [0.5, 0.6) is 5.75 Å². The second kappa shape index (κ2) is 7.46. The highest BCUT2D eigenvalue weighted by Gasteiger charge is 2.20. The molecule has 1 aromatic carbocycles. The minimum absolute atomic E-state index is 0.114. The first-order valence-electron chi connectivity index (χ1n) is 7.57. The van der Waals surface area contributed by atoms with Crippen molar-refractivity contribution >= 4 is 5.91 Å². The molecular weight excluding hydrogens is 264 g/mol. The van der Waals surface area contributed by atoms with Crippen molar-refractivity contribution in [2.24, 2.45) is 0 Å². The molecule has 21 heavy (non-hydrogen) atoms. The minimum Gasteiger partial charge on any atom is -0.507 e. The lowest BCUT2D eigenvalue weighted by molar-refractivity contribution is 0.0824. The van der Waals surface area contributed by atoms with E-state index in [0.29, 0.717) is 17.6 Å². The van der Waals surface area contributed by atoms with Crippen LogP contribution in [-0.4, -0.2) is 53.5 Å². The van der Waals surface area contributed by atoms with E-state index in [1.807, 2.05) is 12.1 Å². The molecule has 4 heteroatoms. The van der Waals surface area contributed by atoms with Crippen LogP contribution in [0.15, 0.2) is 18.2 Å². The number of phenolic OH excluding ortho intramolecular Hbond substituents is 1. The number of likely N-dealkylation sites (N-methyl/N-ethyl adjacent to an activating group) is 1. The molecule has 1 rings (SSSR count). The van der Waals surface area contributed by atoms with E-state index in [2.05, 4.69) is 32.6 Å². The first-order valence-corrected chi connectivity index (χ1v) is 7.57. The monoisotopic (exact) mass is 292 g/mol. The Balaban J connectivity index is 3.00. The maximum absolute atomic E-state index is 12.1. The largest absolute Gasteiger partial charge is 0.507 e. The third kappa shape index (κ3) is 4.21. The van der Waals surface area contributed by atoms with Crippen LogP contribution in [-0.2, 0) is 6.42 Å². The number of amides is 1. The van der Waals surface area contributed by atoms with Gasteiger partial charge in [-0.15, -0.1) is 0 Å². The molecular formula is C17H28N2O2. The van der Waals surface area contributed by atoms with E-state index in [9.17, 15) is 9.90 Å². The number of phenols is 1. The molecule has 4 nitrogen and oxygen atoms in total. The normalized spacial score (nSPS) is 12.8. The van der Waals surface area contributed by atoms with Crippen molar-refractivity contribution in [1.29, 1.82) is 0 Å². The van der Waals surface area contributed by atoms with Gasteiger partial charge in [-0.05, 0) is 45.4 Å². The molecule has 0 aromatic heterocycles. The number of rotatable bonds is 6. The molecule has 1 atom stereocenters. The van der Waals surface area contributed by atoms with Crippen LogP contribution in [0.1, 0.15) is 43.6 Å². The van der Waals surface area contributed by atoms with Crippen molar-refractivity contribution in [2.45, 2.75) is 46.2 Å². The molecule has 0 saturated carbocycles. The van der Waals surface area contributed by atoms with Crippen molar-refractivity contribution in [3.63, 3.8) is 0 Å². The maximum Gasteiger partial charge on any atom is 0.257 e. The first kappa shape index (κ1) is 17.5. The van der Waals surface area contributed by atoms with Gasteiger partial charge in [0.2, 0.25) is 0 Å². The molecule has 0 aliphatic rings. The molecule has 0 heterocycles. The average molecular weight is 292 g/mol. The van der Waals surface area contributed by atoms with Crippen LogP contribution in [0.2, 0.25) is 0 Å². The van der Waals surface area contributed by atoms with Crippen molar-refractivity contribution in [3.05, 3.63) is 29.3 Å². The van der Waals surface area contributed by atoms with Crippen LogP contribution in [0.4, 0.5) is 0 Å². The lowest BCUT2D eigenvalue weighted by Crippen LogP contribution is -2.39. The number of para-hydroxylation sites is 1. The summed E-state index contributed by atoms with van der Waals surface area (Å²) in [6, 6.07) is 6.17. The van der Waals surface area contributed by atoms with Crippen molar-refractivity contribution in [2.75, 3.05) is 20.6 Å². The van der Waals surface area contributed by atoms with Crippen LogP contribution >= 0.6 is 0 Å². The van der Waals surface area contributed by atoms with E-state index in [4.69, 9.17) is 0 Å². The van der Waals surface area contributed by atoms with Crippen molar-refractivity contribution in [3.8, 4) is 5.75 Å². The average Bonchev–Trinajstić information content (AvgIpc) is 2.40. The Morgan fingerprint density at radius 1 is 1.24 bits per heavy atom. The quantitative estimate of drug-likeness (QED) is 0.877. The highest BCUT2D eigenvalue weighted by atomic mass is 16.3. The highest BCUT2D eigenvalue weighted by molar-refractivity contribution is 5.96. The summed E-state index contributed by atoms with van der Waals surface area (Å²) in [7, 11) is 3.38. The Bertz CT molecular complexity index is 484. The molecule has 0 aliphatic heterocycles. The van der Waals surface area contributed by atoms with E-state index in [-0.39, 0.29) is 11.7 Å². The van der Waals surface area contributed by atoms with Gasteiger partial charge in [-0.1, -0.05) is 19.1 Å². The third-order valence-electron chi connectivity index (χ3n) is 3.87. The van der Waals surface area contributed by atoms with Gasteiger partial charge in [-0.2, -0.15) is 0 Å². The second-order valence-corrected chi connectivity index (χ2v) is 5.99. The fourth-order valence-corrected chi connectivity index (χ4v) is 2.79. The number of nitrogens with zero attached hydrogens (tertiary/aromatic N) is 2. The van der Waals surface area contributed by atoms with Gasteiger partial charge in [0.1, 0.15) is 5.75 Å². The van der Waals surface area contributed by atoms with Gasteiger partial charge in [-0.25, -0.2) is 0 Å². The zero-order valence-electron chi connectivity index (χ0n) is 14.1. The standard InChI is InChI=1S/C17H28N2O2/c1-7-19(12(2)3)13(4)11-14-9-8-10-15(16(14)20)17(21)18(5)6/h8-10,12-13,20H,7,11H2,1-6H3. The Hall–Kier alpha value is -1.55. The van der Waals surface area contributed by atoms with Crippen LogP contribution in [0.25, 0.3) is 0 Å². The third-order valence-corrected chi connectivity index (χ3v) is 3.87. The molecule has 1 aromatic rings. The molecule has 0 fully saturated rings. The molecule has 0 spiro atoms. The Morgan fingerprint density at radius 2 is 1.86 bits per heavy atom. The number of hydrogen-bond donors (Lipinski definition) is 1. The zero-order valence-corrected chi connectivity index (χ0v) is 14.1. The minimum atomic E-state index is -0.168. The number of carbonyl (C=O) groups excluding carboxylic acids is 1. The Labute approximate surface area is 128 Å². The zero-order chi connectivity index (χ0) is 16.2. The smallest absolute Gasteiger partial charge is 0.257 e. The van der Waals surface area contributed by atoms with Gasteiger partial charge in [-0.3, -0.25) is 9.69 Å². The summed E-state index contributed by atoms with van der Waals surface area (Å²) in [6.07, 6.45) is 0.729. The summed E-state index contributed by atoms with van der Waals surface area (Å²) >= 11 is 0. The Morgan fingerprint density at radius 3 is 2.33 bits per heavy atom. The molecule has 1 unspecified atom stereocenters. The van der Waals surface area contributed by atoms with Gasteiger partial charge in [0.05, 0.1) is 5.56 Å². The van der Waals surface area contributed by atoms with E-state index in [1.54, 1.807) is 20.2 Å². The summed E-state index contributed by atoms with van der Waals surface area (Å²) in [5.41, 5.74) is 1.20. The molecule has 0 radical (unpaired) electrons. The van der Waals surface area contributed by atoms with Gasteiger partial charge in [0.25, 0.3) is 5.91 Å². The molecule has 0 aliphatic carbocycles. The summed E-state index contributed by atoms with van der Waals surface area (Å²) in [6.45, 7) is 9.61. The summed E-state index contributed by atoms with van der Waals surface area (Å²) in [5.74, 6) is -0.0546. The molecule has 1 N–H and O–H groups in total. The Kier molecular flexibility index (Phi) is 6.21. The highest BCUT2D eigenvalue weighted by Crippen LogP contribution is 2.26. The second-order valence-electron chi connectivity index (χ2n) is 5.99. The van der Waals surface area contributed by atoms with Crippen molar-refractivity contribution in [1.82, 2.24) is 9.80 Å². The number of aromatic hydroxyl groups is 1. The fourth-order valence-electron chi connectivity index (χ4n) is 2.79. The molecule has 0 bridgehead atoms.